The van der Waals surface area contributed by atoms with Crippen molar-refractivity contribution in [3.63, 3.8) is 0 Å². The Morgan fingerprint density at radius 3 is 1.80 bits per heavy atom. The molecule has 3 aromatic carbocycles. The first-order valence-corrected chi connectivity index (χ1v) is 12.0. The summed E-state index contributed by atoms with van der Waals surface area (Å²) in [5.41, 5.74) is -3.93. The maximum absolute atomic E-state index is 14.9. The van der Waals surface area contributed by atoms with Gasteiger partial charge < -0.3 is 4.74 Å². The summed E-state index contributed by atoms with van der Waals surface area (Å²) >= 11 is 0. The molecule has 0 saturated heterocycles. The standard InChI is InChI=1S/C28H18F12O/c29-20-9-14(25(33)26(34)35)3-7-18(20)13-1-4-16(5-2-13)28(39,40)41-17-6-8-19(21(30)12-17)15-10-22(31)24(23(32)11-15)27(36,37)38/h3,6-13,16H,1-2,4-5H2. The van der Waals surface area contributed by atoms with Gasteiger partial charge in [0, 0.05) is 17.2 Å². The third kappa shape index (κ3) is 6.48. The van der Waals surface area contributed by atoms with Gasteiger partial charge in [-0.3, -0.25) is 0 Å². The highest BCUT2D eigenvalue weighted by atomic mass is 19.4. The maximum atomic E-state index is 14.9. The van der Waals surface area contributed by atoms with Crippen LogP contribution in [0.5, 0.6) is 5.75 Å². The number of alkyl halides is 5. The summed E-state index contributed by atoms with van der Waals surface area (Å²) in [5, 5.41) is 0. The number of benzene rings is 3. The summed E-state index contributed by atoms with van der Waals surface area (Å²) in [7, 11) is 0. The minimum Gasteiger partial charge on any atom is -0.432 e. The zero-order valence-electron chi connectivity index (χ0n) is 20.5. The first-order chi connectivity index (χ1) is 19.1. The molecule has 1 nitrogen and oxygen atoms in total. The summed E-state index contributed by atoms with van der Waals surface area (Å²) in [5.74, 6) is -10.7. The van der Waals surface area contributed by atoms with Crippen LogP contribution in [-0.4, -0.2) is 6.11 Å². The summed E-state index contributed by atoms with van der Waals surface area (Å²) in [4.78, 5) is 0. The second-order valence-corrected chi connectivity index (χ2v) is 9.48. The molecule has 0 amide bonds. The van der Waals surface area contributed by atoms with Crippen LogP contribution in [0.2, 0.25) is 0 Å². The molecular formula is C28H18F12O. The Labute approximate surface area is 225 Å². The predicted octanol–water partition coefficient (Wildman–Crippen LogP) is 10.4. The summed E-state index contributed by atoms with van der Waals surface area (Å²) in [6.07, 6.45) is -12.0. The lowest BCUT2D eigenvalue weighted by molar-refractivity contribution is -0.222. The smallest absolute Gasteiger partial charge is 0.422 e. The van der Waals surface area contributed by atoms with Gasteiger partial charge in [0.2, 0.25) is 0 Å². The van der Waals surface area contributed by atoms with E-state index in [1.54, 1.807) is 0 Å². The van der Waals surface area contributed by atoms with Gasteiger partial charge in [-0.15, -0.1) is 0 Å². The van der Waals surface area contributed by atoms with Gasteiger partial charge >= 0.3 is 18.4 Å². The highest BCUT2D eigenvalue weighted by Crippen LogP contribution is 2.44. The topological polar surface area (TPSA) is 9.23 Å². The van der Waals surface area contributed by atoms with Gasteiger partial charge in [0.15, 0.2) is 5.83 Å². The molecule has 0 aromatic heterocycles. The molecule has 220 valence electrons. The maximum Gasteiger partial charge on any atom is 0.422 e. The number of rotatable bonds is 6. The van der Waals surface area contributed by atoms with E-state index < -0.39 is 87.3 Å². The number of hydrogen-bond donors (Lipinski definition) is 0. The third-order valence-corrected chi connectivity index (χ3v) is 6.89. The van der Waals surface area contributed by atoms with Gasteiger partial charge in [0.1, 0.15) is 34.6 Å². The zero-order chi connectivity index (χ0) is 30.3. The number of ether oxygens (including phenoxy) is 1. The number of halogens is 12. The molecule has 1 fully saturated rings. The highest BCUT2D eigenvalue weighted by molar-refractivity contribution is 5.66. The molecule has 13 heteroatoms. The molecule has 0 spiro atoms. The molecule has 1 saturated carbocycles. The molecule has 0 unspecified atom stereocenters. The molecule has 0 N–H and O–H groups in total. The Morgan fingerprint density at radius 2 is 1.29 bits per heavy atom. The van der Waals surface area contributed by atoms with Crippen LogP contribution in [0.15, 0.2) is 54.6 Å². The van der Waals surface area contributed by atoms with Crippen molar-refractivity contribution in [1.29, 1.82) is 0 Å². The van der Waals surface area contributed by atoms with Gasteiger partial charge in [-0.2, -0.15) is 30.7 Å². The van der Waals surface area contributed by atoms with Crippen molar-refractivity contribution in [1.82, 2.24) is 0 Å². The zero-order valence-corrected chi connectivity index (χ0v) is 20.5. The molecule has 0 radical (unpaired) electrons. The van der Waals surface area contributed by atoms with E-state index in [-0.39, 0.29) is 43.4 Å². The predicted molar refractivity (Wildman–Crippen MR) is 124 cm³/mol. The molecule has 0 bridgehead atoms. The third-order valence-electron chi connectivity index (χ3n) is 6.89. The molecule has 0 heterocycles. The molecule has 1 aliphatic carbocycles. The second-order valence-electron chi connectivity index (χ2n) is 9.48. The SMILES string of the molecule is FC(F)=C(F)c1ccc(C2CCC(C(F)(F)Oc3ccc(-c4cc(F)c(C(F)(F)F)c(F)c4)c(F)c3)CC2)c(F)c1. The van der Waals surface area contributed by atoms with Crippen LogP contribution in [0, 0.1) is 29.2 Å². The molecule has 0 atom stereocenters. The van der Waals surface area contributed by atoms with Gasteiger partial charge in [-0.1, -0.05) is 12.1 Å². The van der Waals surface area contributed by atoms with Gasteiger partial charge in [0.25, 0.3) is 0 Å². The van der Waals surface area contributed by atoms with Crippen LogP contribution in [0.25, 0.3) is 17.0 Å². The summed E-state index contributed by atoms with van der Waals surface area (Å²) in [6, 6.07) is 5.37. The largest absolute Gasteiger partial charge is 0.432 e. The van der Waals surface area contributed by atoms with Crippen molar-refractivity contribution >= 4 is 5.83 Å². The lowest BCUT2D eigenvalue weighted by atomic mass is 9.78. The van der Waals surface area contributed by atoms with E-state index in [0.717, 1.165) is 24.3 Å². The fourth-order valence-corrected chi connectivity index (χ4v) is 4.88. The first-order valence-electron chi connectivity index (χ1n) is 12.0. The Bertz CT molecular complexity index is 1440. The van der Waals surface area contributed by atoms with E-state index in [1.807, 2.05) is 0 Å². The molecule has 1 aliphatic rings. The minimum atomic E-state index is -5.33. The molecule has 41 heavy (non-hydrogen) atoms. The fraction of sp³-hybridized carbons (Fsp3) is 0.286. The van der Waals surface area contributed by atoms with Crippen LogP contribution in [0.4, 0.5) is 52.7 Å². The average Bonchev–Trinajstić information content (AvgIpc) is 2.86. The average molecular weight is 598 g/mol. The summed E-state index contributed by atoms with van der Waals surface area (Å²) in [6.45, 7) is 0. The molecular weight excluding hydrogens is 580 g/mol. The van der Waals surface area contributed by atoms with Crippen molar-refractivity contribution in [3.8, 4) is 16.9 Å². The van der Waals surface area contributed by atoms with Gasteiger partial charge in [0.05, 0.1) is 5.92 Å². The minimum absolute atomic E-state index is 0.0496. The summed E-state index contributed by atoms with van der Waals surface area (Å²) < 4.78 is 168. The Hall–Kier alpha value is -3.64. The number of hydrogen-bond acceptors (Lipinski definition) is 1. The Balaban J connectivity index is 1.44. The van der Waals surface area contributed by atoms with E-state index in [0.29, 0.717) is 12.1 Å². The lowest BCUT2D eigenvalue weighted by Gasteiger charge is -2.33. The van der Waals surface area contributed by atoms with Crippen molar-refractivity contribution in [2.45, 2.75) is 43.9 Å². The Morgan fingerprint density at radius 1 is 0.683 bits per heavy atom. The van der Waals surface area contributed by atoms with E-state index in [4.69, 9.17) is 4.74 Å². The van der Waals surface area contributed by atoms with Crippen molar-refractivity contribution in [2.24, 2.45) is 5.92 Å². The van der Waals surface area contributed by atoms with Crippen molar-refractivity contribution in [2.75, 3.05) is 0 Å². The van der Waals surface area contributed by atoms with Crippen LogP contribution >= 0.6 is 0 Å². The van der Waals surface area contributed by atoms with Crippen LogP contribution in [-0.2, 0) is 6.18 Å². The van der Waals surface area contributed by atoms with E-state index in [1.165, 1.54) is 0 Å². The van der Waals surface area contributed by atoms with Crippen LogP contribution < -0.4 is 4.74 Å². The van der Waals surface area contributed by atoms with E-state index in [9.17, 15) is 52.7 Å². The Kier molecular flexibility index (Phi) is 8.38. The second kappa shape index (κ2) is 11.3. The van der Waals surface area contributed by atoms with Crippen molar-refractivity contribution in [3.05, 3.63) is 94.6 Å². The van der Waals surface area contributed by atoms with Gasteiger partial charge in [-0.05, 0) is 73.1 Å². The molecule has 4 rings (SSSR count). The lowest BCUT2D eigenvalue weighted by Crippen LogP contribution is -2.37. The van der Waals surface area contributed by atoms with E-state index >= 15 is 0 Å². The van der Waals surface area contributed by atoms with Crippen LogP contribution in [0.1, 0.15) is 48.3 Å². The van der Waals surface area contributed by atoms with Crippen LogP contribution in [0.3, 0.4) is 0 Å². The monoisotopic (exact) mass is 598 g/mol. The normalized spacial score (nSPS) is 17.9. The molecule has 0 aliphatic heterocycles. The highest BCUT2D eigenvalue weighted by Gasteiger charge is 2.44. The van der Waals surface area contributed by atoms with Crippen molar-refractivity contribution < 1.29 is 57.4 Å². The van der Waals surface area contributed by atoms with E-state index in [2.05, 4.69) is 0 Å². The first kappa shape index (κ1) is 30.3. The fourth-order valence-electron chi connectivity index (χ4n) is 4.88. The quantitative estimate of drug-likeness (QED) is 0.257. The van der Waals surface area contributed by atoms with Gasteiger partial charge in [-0.25, -0.2) is 22.0 Å². The molecule has 3 aromatic rings.